The Kier molecular flexibility index (Phi) is 4.04. The van der Waals surface area contributed by atoms with E-state index in [9.17, 15) is 14.7 Å². The Balaban J connectivity index is 1.90. The second kappa shape index (κ2) is 6.00. The molecule has 7 nitrogen and oxygen atoms in total. The zero-order chi connectivity index (χ0) is 16.6. The van der Waals surface area contributed by atoms with Gasteiger partial charge in [-0.25, -0.2) is 0 Å². The number of benzene rings is 1. The van der Waals surface area contributed by atoms with Crippen LogP contribution in [0.2, 0.25) is 0 Å². The van der Waals surface area contributed by atoms with E-state index in [4.69, 9.17) is 0 Å². The van der Waals surface area contributed by atoms with E-state index in [-0.39, 0.29) is 30.3 Å². The molecule has 2 heterocycles. The van der Waals surface area contributed by atoms with Gasteiger partial charge in [0, 0.05) is 45.1 Å². The van der Waals surface area contributed by atoms with Crippen LogP contribution in [0.4, 0.5) is 0 Å². The van der Waals surface area contributed by atoms with Crippen LogP contribution >= 0.6 is 0 Å². The van der Waals surface area contributed by atoms with Crippen molar-refractivity contribution in [2.45, 2.75) is 0 Å². The third kappa shape index (κ3) is 2.57. The highest BCUT2D eigenvalue weighted by molar-refractivity contribution is 6.05. The molecule has 1 fully saturated rings. The molecule has 7 heteroatoms. The van der Waals surface area contributed by atoms with Crippen LogP contribution in [0.3, 0.4) is 0 Å². The number of aryl methyl sites for hydroxylation is 1. The lowest BCUT2D eigenvalue weighted by Crippen LogP contribution is -2.34. The van der Waals surface area contributed by atoms with Crippen molar-refractivity contribution in [1.29, 1.82) is 0 Å². The van der Waals surface area contributed by atoms with Gasteiger partial charge in [-0.15, -0.1) is 0 Å². The number of aromatic nitrogens is 2. The number of nitrogens with zero attached hydrogens (tertiary/aromatic N) is 3. The normalized spacial score (nSPS) is 20.9. The Morgan fingerprint density at radius 2 is 2.09 bits per heavy atom. The minimum Gasteiger partial charge on any atom is -0.396 e. The second-order valence-electron chi connectivity index (χ2n) is 5.86. The first-order chi connectivity index (χ1) is 11.1. The predicted octanol–water partition coefficient (Wildman–Crippen LogP) is -0.000200. The number of carbonyl (C=O) groups excluding carboxylic acids is 2. The maximum atomic E-state index is 12.8. The van der Waals surface area contributed by atoms with Crippen molar-refractivity contribution in [2.24, 2.45) is 18.9 Å². The fourth-order valence-corrected chi connectivity index (χ4v) is 3.23. The lowest BCUT2D eigenvalue weighted by molar-refractivity contribution is -0.125. The summed E-state index contributed by atoms with van der Waals surface area (Å²) in [4.78, 5) is 26.4. The van der Waals surface area contributed by atoms with Gasteiger partial charge in [-0.1, -0.05) is 18.2 Å². The molecule has 0 bridgehead atoms. The molecule has 2 atom stereocenters. The molecule has 1 aromatic carbocycles. The molecule has 1 saturated heterocycles. The number of carbonyl (C=O) groups is 2. The molecule has 0 aliphatic carbocycles. The van der Waals surface area contributed by atoms with Gasteiger partial charge in [0.05, 0.1) is 11.4 Å². The van der Waals surface area contributed by atoms with Crippen LogP contribution in [-0.2, 0) is 11.8 Å². The monoisotopic (exact) mass is 316 g/mol. The second-order valence-corrected chi connectivity index (χ2v) is 5.86. The first-order valence-electron chi connectivity index (χ1n) is 7.60. The van der Waals surface area contributed by atoms with Crippen molar-refractivity contribution in [3.63, 3.8) is 0 Å². The van der Waals surface area contributed by atoms with E-state index in [1.807, 2.05) is 24.3 Å². The average Bonchev–Trinajstić information content (AvgIpc) is 3.15. The minimum absolute atomic E-state index is 0.120. The standard InChI is InChI=1S/C16H20N4O3/c1-17-15(22)12-8-20(7-10(12)9-21)16(23)14-11-5-3-4-6-13(11)19(2)18-14/h3-6,10,12,21H,7-9H2,1-2H3,(H,17,22)/t10-,12+/m0/s1. The number of aliphatic hydroxyl groups excluding tert-OH is 1. The van der Waals surface area contributed by atoms with Crippen LogP contribution in [-0.4, -0.2) is 58.3 Å². The minimum atomic E-state index is -0.385. The topological polar surface area (TPSA) is 87.5 Å². The van der Waals surface area contributed by atoms with Crippen molar-refractivity contribution in [1.82, 2.24) is 20.0 Å². The van der Waals surface area contributed by atoms with Gasteiger partial charge < -0.3 is 15.3 Å². The van der Waals surface area contributed by atoms with Gasteiger partial charge in [-0.05, 0) is 6.07 Å². The van der Waals surface area contributed by atoms with E-state index in [0.717, 1.165) is 10.9 Å². The summed E-state index contributed by atoms with van der Waals surface area (Å²) in [6.07, 6.45) is 0. The Bertz CT molecular complexity index is 755. The van der Waals surface area contributed by atoms with Gasteiger partial charge in [-0.3, -0.25) is 14.3 Å². The molecule has 0 spiro atoms. The van der Waals surface area contributed by atoms with Gasteiger partial charge in [0.15, 0.2) is 5.69 Å². The molecule has 0 radical (unpaired) electrons. The third-order valence-corrected chi connectivity index (χ3v) is 4.51. The molecule has 0 saturated carbocycles. The van der Waals surface area contributed by atoms with Crippen LogP contribution in [0.25, 0.3) is 10.9 Å². The van der Waals surface area contributed by atoms with E-state index < -0.39 is 0 Å². The van der Waals surface area contributed by atoms with Gasteiger partial charge in [0.25, 0.3) is 5.91 Å². The number of hydrogen-bond donors (Lipinski definition) is 2. The fraction of sp³-hybridized carbons (Fsp3) is 0.438. The Morgan fingerprint density at radius 1 is 1.35 bits per heavy atom. The van der Waals surface area contributed by atoms with Crippen molar-refractivity contribution in [3.05, 3.63) is 30.0 Å². The molecule has 0 unspecified atom stereocenters. The highest BCUT2D eigenvalue weighted by atomic mass is 16.3. The van der Waals surface area contributed by atoms with E-state index in [2.05, 4.69) is 10.4 Å². The van der Waals surface area contributed by atoms with E-state index >= 15 is 0 Å². The van der Waals surface area contributed by atoms with Crippen molar-refractivity contribution in [2.75, 3.05) is 26.7 Å². The van der Waals surface area contributed by atoms with Crippen LogP contribution < -0.4 is 5.32 Å². The van der Waals surface area contributed by atoms with Gasteiger partial charge >= 0.3 is 0 Å². The lowest BCUT2D eigenvalue weighted by Gasteiger charge is -2.14. The average molecular weight is 316 g/mol. The first-order valence-corrected chi connectivity index (χ1v) is 7.60. The summed E-state index contributed by atoms with van der Waals surface area (Å²) in [5.41, 5.74) is 1.27. The molecular formula is C16H20N4O3. The summed E-state index contributed by atoms with van der Waals surface area (Å²) >= 11 is 0. The zero-order valence-corrected chi connectivity index (χ0v) is 13.2. The number of likely N-dealkylation sites (tertiary alicyclic amines) is 1. The van der Waals surface area contributed by atoms with Gasteiger partial charge in [0.2, 0.25) is 5.91 Å². The van der Waals surface area contributed by atoms with Gasteiger partial charge in [0.1, 0.15) is 0 Å². The number of para-hydroxylation sites is 1. The molecule has 2 N–H and O–H groups in total. The summed E-state index contributed by atoms with van der Waals surface area (Å²) in [7, 11) is 3.36. The Hall–Kier alpha value is -2.41. The number of fused-ring (bicyclic) bond motifs is 1. The smallest absolute Gasteiger partial charge is 0.275 e. The summed E-state index contributed by atoms with van der Waals surface area (Å²) in [6, 6.07) is 7.55. The Labute approximate surface area is 133 Å². The van der Waals surface area contributed by atoms with Crippen LogP contribution in [0.1, 0.15) is 10.5 Å². The third-order valence-electron chi connectivity index (χ3n) is 4.51. The number of aliphatic hydroxyl groups is 1. The molecule has 2 amide bonds. The summed E-state index contributed by atoms with van der Waals surface area (Å²) < 4.78 is 1.68. The fourth-order valence-electron chi connectivity index (χ4n) is 3.23. The molecule has 122 valence electrons. The number of rotatable bonds is 3. The SMILES string of the molecule is CNC(=O)[C@@H]1CN(C(=O)c2nn(C)c3ccccc23)C[C@H]1CO. The maximum Gasteiger partial charge on any atom is 0.275 e. The van der Waals surface area contributed by atoms with Gasteiger partial charge in [-0.2, -0.15) is 5.10 Å². The number of amides is 2. The Morgan fingerprint density at radius 3 is 2.78 bits per heavy atom. The quantitative estimate of drug-likeness (QED) is 0.834. The lowest BCUT2D eigenvalue weighted by atomic mass is 9.96. The van der Waals surface area contributed by atoms with Crippen molar-refractivity contribution in [3.8, 4) is 0 Å². The van der Waals surface area contributed by atoms with Crippen LogP contribution in [0.15, 0.2) is 24.3 Å². The molecular weight excluding hydrogens is 296 g/mol. The van der Waals surface area contributed by atoms with Crippen LogP contribution in [0, 0.1) is 11.8 Å². The highest BCUT2D eigenvalue weighted by Crippen LogP contribution is 2.26. The van der Waals surface area contributed by atoms with E-state index in [0.29, 0.717) is 18.8 Å². The molecule has 1 aromatic heterocycles. The first kappa shape index (κ1) is 15.5. The van der Waals surface area contributed by atoms with Crippen molar-refractivity contribution < 1.29 is 14.7 Å². The zero-order valence-electron chi connectivity index (χ0n) is 13.2. The number of nitrogens with one attached hydrogen (secondary N) is 1. The molecule has 3 rings (SSSR count). The maximum absolute atomic E-state index is 12.8. The summed E-state index contributed by atoms with van der Waals surface area (Å²) in [6.45, 7) is 0.539. The molecule has 2 aromatic rings. The number of hydrogen-bond acceptors (Lipinski definition) is 4. The predicted molar refractivity (Wildman–Crippen MR) is 84.8 cm³/mol. The van der Waals surface area contributed by atoms with Crippen molar-refractivity contribution >= 4 is 22.7 Å². The van der Waals surface area contributed by atoms with Crippen LogP contribution in [0.5, 0.6) is 0 Å². The largest absolute Gasteiger partial charge is 0.396 e. The molecule has 1 aliphatic heterocycles. The molecule has 1 aliphatic rings. The van der Waals surface area contributed by atoms with E-state index in [1.54, 1.807) is 23.7 Å². The summed E-state index contributed by atoms with van der Waals surface area (Å²) in [5, 5.41) is 17.2. The molecule has 23 heavy (non-hydrogen) atoms. The summed E-state index contributed by atoms with van der Waals surface area (Å²) in [5.74, 6) is -0.977. The van der Waals surface area contributed by atoms with E-state index in [1.165, 1.54) is 0 Å². The highest BCUT2D eigenvalue weighted by Gasteiger charge is 2.39.